The van der Waals surface area contributed by atoms with Crippen LogP contribution in [0.1, 0.15) is 31.4 Å². The SMILES string of the molecule is CC(C)CC(NC(=O)C(Cc1c[nH]c2ccccc12)NC(=O)CNC(=O)C(N)Cc1c[nH]c2ccccc12)C(=O)O. The summed E-state index contributed by atoms with van der Waals surface area (Å²) >= 11 is 0. The van der Waals surface area contributed by atoms with E-state index < -0.39 is 48.4 Å². The summed E-state index contributed by atoms with van der Waals surface area (Å²) in [6.45, 7) is 3.32. The van der Waals surface area contributed by atoms with Crippen molar-refractivity contribution in [2.24, 2.45) is 11.7 Å². The maximum atomic E-state index is 13.3. The molecule has 3 unspecified atom stereocenters. The molecule has 216 valence electrons. The molecular weight excluding hydrogens is 524 g/mol. The molecule has 2 aromatic heterocycles. The molecule has 41 heavy (non-hydrogen) atoms. The van der Waals surface area contributed by atoms with Crippen molar-refractivity contribution in [3.8, 4) is 0 Å². The van der Waals surface area contributed by atoms with E-state index in [4.69, 9.17) is 5.73 Å². The summed E-state index contributed by atoms with van der Waals surface area (Å²) < 4.78 is 0. The number of para-hydroxylation sites is 2. The van der Waals surface area contributed by atoms with E-state index in [1.165, 1.54) is 0 Å². The van der Waals surface area contributed by atoms with E-state index in [2.05, 4.69) is 25.9 Å². The quantitative estimate of drug-likeness (QED) is 0.131. The van der Waals surface area contributed by atoms with Crippen LogP contribution in [-0.4, -0.2) is 63.4 Å². The van der Waals surface area contributed by atoms with Crippen LogP contribution in [0.3, 0.4) is 0 Å². The fourth-order valence-electron chi connectivity index (χ4n) is 4.87. The molecule has 0 radical (unpaired) electrons. The molecule has 0 saturated heterocycles. The number of aromatic nitrogens is 2. The fourth-order valence-corrected chi connectivity index (χ4v) is 4.87. The lowest BCUT2D eigenvalue weighted by molar-refractivity contribution is -0.142. The number of carbonyl (C=O) groups excluding carboxylic acids is 3. The Morgan fingerprint density at radius 3 is 1.93 bits per heavy atom. The molecule has 3 atom stereocenters. The summed E-state index contributed by atoms with van der Waals surface area (Å²) in [6.07, 6.45) is 4.19. The van der Waals surface area contributed by atoms with Gasteiger partial charge in [-0.2, -0.15) is 0 Å². The summed E-state index contributed by atoms with van der Waals surface area (Å²) in [5.41, 5.74) is 9.59. The van der Waals surface area contributed by atoms with Crippen LogP contribution >= 0.6 is 0 Å². The van der Waals surface area contributed by atoms with Crippen molar-refractivity contribution in [2.45, 2.75) is 51.2 Å². The summed E-state index contributed by atoms with van der Waals surface area (Å²) in [4.78, 5) is 56.9. The van der Waals surface area contributed by atoms with E-state index in [0.29, 0.717) is 0 Å². The molecule has 0 aliphatic heterocycles. The molecule has 4 aromatic rings. The number of hydrogen-bond donors (Lipinski definition) is 7. The van der Waals surface area contributed by atoms with Crippen LogP contribution in [0.5, 0.6) is 0 Å². The molecule has 4 rings (SSSR count). The van der Waals surface area contributed by atoms with Gasteiger partial charge in [-0.3, -0.25) is 14.4 Å². The van der Waals surface area contributed by atoms with Crippen LogP contribution in [-0.2, 0) is 32.0 Å². The predicted octanol–water partition coefficient (Wildman–Crippen LogP) is 1.98. The first-order chi connectivity index (χ1) is 19.6. The maximum absolute atomic E-state index is 13.3. The minimum atomic E-state index is -1.15. The molecule has 0 saturated carbocycles. The van der Waals surface area contributed by atoms with Crippen molar-refractivity contribution in [1.82, 2.24) is 25.9 Å². The molecule has 3 amide bonds. The number of rotatable bonds is 13. The van der Waals surface area contributed by atoms with E-state index in [9.17, 15) is 24.3 Å². The van der Waals surface area contributed by atoms with Crippen molar-refractivity contribution >= 4 is 45.5 Å². The first kappa shape index (κ1) is 29.3. The summed E-state index contributed by atoms with van der Waals surface area (Å²) in [6, 6.07) is 12.1. The number of H-pyrrole nitrogens is 2. The van der Waals surface area contributed by atoms with Crippen LogP contribution in [0, 0.1) is 5.92 Å². The minimum Gasteiger partial charge on any atom is -0.480 e. The minimum absolute atomic E-state index is 0.0294. The highest BCUT2D eigenvalue weighted by Crippen LogP contribution is 2.20. The monoisotopic (exact) mass is 560 g/mol. The fraction of sp³-hybridized carbons (Fsp3) is 0.333. The molecule has 0 bridgehead atoms. The highest BCUT2D eigenvalue weighted by atomic mass is 16.4. The molecule has 2 heterocycles. The van der Waals surface area contributed by atoms with Crippen molar-refractivity contribution in [3.63, 3.8) is 0 Å². The van der Waals surface area contributed by atoms with Gasteiger partial charge in [0.2, 0.25) is 17.7 Å². The van der Waals surface area contributed by atoms with Gasteiger partial charge in [0.15, 0.2) is 0 Å². The lowest BCUT2D eigenvalue weighted by Gasteiger charge is -2.22. The Morgan fingerprint density at radius 1 is 0.805 bits per heavy atom. The number of nitrogens with one attached hydrogen (secondary N) is 5. The largest absolute Gasteiger partial charge is 0.480 e. The number of carboxylic acids is 1. The summed E-state index contributed by atoms with van der Waals surface area (Å²) in [5.74, 6) is -2.86. The number of hydrogen-bond acceptors (Lipinski definition) is 5. The van der Waals surface area contributed by atoms with Crippen molar-refractivity contribution in [2.75, 3.05) is 6.54 Å². The first-order valence-electron chi connectivity index (χ1n) is 13.6. The number of fused-ring (bicyclic) bond motifs is 2. The molecule has 0 fully saturated rings. The number of carboxylic acid groups (broad SMARTS) is 1. The Hall–Kier alpha value is -4.64. The van der Waals surface area contributed by atoms with Gasteiger partial charge in [0.25, 0.3) is 0 Å². The molecular formula is C30H36N6O5. The average Bonchev–Trinajstić information content (AvgIpc) is 3.54. The smallest absolute Gasteiger partial charge is 0.326 e. The van der Waals surface area contributed by atoms with Crippen LogP contribution < -0.4 is 21.7 Å². The second-order valence-electron chi connectivity index (χ2n) is 10.6. The highest BCUT2D eigenvalue weighted by Gasteiger charge is 2.28. The van der Waals surface area contributed by atoms with Gasteiger partial charge in [-0.15, -0.1) is 0 Å². The van der Waals surface area contributed by atoms with E-state index in [1.54, 1.807) is 6.20 Å². The predicted molar refractivity (Wildman–Crippen MR) is 156 cm³/mol. The van der Waals surface area contributed by atoms with Gasteiger partial charge in [0, 0.05) is 40.6 Å². The summed E-state index contributed by atoms with van der Waals surface area (Å²) in [7, 11) is 0. The zero-order chi connectivity index (χ0) is 29.5. The topological polar surface area (TPSA) is 182 Å². The number of nitrogens with two attached hydrogens (primary N) is 1. The number of aliphatic carboxylic acids is 1. The summed E-state index contributed by atoms with van der Waals surface area (Å²) in [5, 5.41) is 19.2. The van der Waals surface area contributed by atoms with Gasteiger partial charge >= 0.3 is 5.97 Å². The number of aromatic amines is 2. The molecule has 11 heteroatoms. The molecule has 0 spiro atoms. The Labute approximate surface area is 237 Å². The van der Waals surface area contributed by atoms with Crippen LogP contribution in [0.2, 0.25) is 0 Å². The average molecular weight is 561 g/mol. The van der Waals surface area contributed by atoms with Crippen molar-refractivity contribution in [3.05, 3.63) is 72.1 Å². The van der Waals surface area contributed by atoms with E-state index in [0.717, 1.165) is 32.9 Å². The second kappa shape index (κ2) is 13.1. The van der Waals surface area contributed by atoms with Gasteiger partial charge < -0.3 is 36.8 Å². The maximum Gasteiger partial charge on any atom is 0.326 e. The number of benzene rings is 2. The molecule has 0 aliphatic rings. The lowest BCUT2D eigenvalue weighted by Crippen LogP contribution is -2.54. The molecule has 8 N–H and O–H groups in total. The van der Waals surface area contributed by atoms with Crippen LogP contribution in [0.25, 0.3) is 21.8 Å². The Kier molecular flexibility index (Phi) is 9.41. The van der Waals surface area contributed by atoms with Gasteiger partial charge in [0.1, 0.15) is 12.1 Å². The van der Waals surface area contributed by atoms with E-state index in [-0.39, 0.29) is 25.2 Å². The second-order valence-corrected chi connectivity index (χ2v) is 10.6. The van der Waals surface area contributed by atoms with E-state index >= 15 is 0 Å². The third-order valence-electron chi connectivity index (χ3n) is 6.95. The number of carbonyl (C=O) groups is 4. The Balaban J connectivity index is 1.41. The van der Waals surface area contributed by atoms with Gasteiger partial charge in [-0.05, 0) is 42.0 Å². The molecule has 2 aromatic carbocycles. The molecule has 0 aliphatic carbocycles. The van der Waals surface area contributed by atoms with Crippen molar-refractivity contribution in [1.29, 1.82) is 0 Å². The normalized spacial score (nSPS) is 13.6. The highest BCUT2D eigenvalue weighted by molar-refractivity contribution is 5.94. The zero-order valence-electron chi connectivity index (χ0n) is 23.1. The van der Waals surface area contributed by atoms with Gasteiger partial charge in [-0.25, -0.2) is 4.79 Å². The first-order valence-corrected chi connectivity index (χ1v) is 13.6. The Morgan fingerprint density at radius 2 is 1.37 bits per heavy atom. The standard InChI is InChI=1S/C30H36N6O5/c1-17(2)11-26(30(40)41)36-29(39)25(13-19-15-33-24-10-6-4-8-21(19)24)35-27(37)16-34-28(38)22(31)12-18-14-32-23-9-5-3-7-20(18)23/h3-10,14-15,17,22,25-26,32-33H,11-13,16,31H2,1-2H3,(H,34,38)(H,35,37)(H,36,39)(H,40,41). The Bertz CT molecular complexity index is 1540. The number of amides is 3. The van der Waals surface area contributed by atoms with Gasteiger partial charge in [-0.1, -0.05) is 50.2 Å². The molecule has 11 nitrogen and oxygen atoms in total. The lowest BCUT2D eigenvalue weighted by atomic mass is 10.0. The van der Waals surface area contributed by atoms with Crippen LogP contribution in [0.15, 0.2) is 60.9 Å². The van der Waals surface area contributed by atoms with Gasteiger partial charge in [0.05, 0.1) is 12.6 Å². The van der Waals surface area contributed by atoms with Crippen LogP contribution in [0.4, 0.5) is 0 Å². The van der Waals surface area contributed by atoms with Crippen molar-refractivity contribution < 1.29 is 24.3 Å². The van der Waals surface area contributed by atoms with E-state index in [1.807, 2.05) is 68.6 Å². The third kappa shape index (κ3) is 7.52. The zero-order valence-corrected chi connectivity index (χ0v) is 23.1. The third-order valence-corrected chi connectivity index (χ3v) is 6.95.